The number of nitrogens with zero attached hydrogens (tertiary/aromatic N) is 3. The number of nitrogens with one attached hydrogen (secondary N) is 3. The smallest absolute Gasteiger partial charge is 0.318 e. The zero-order valence-electron chi connectivity index (χ0n) is 16.3. The Bertz CT molecular complexity index is 982. The molecule has 1 saturated heterocycles. The lowest BCUT2D eigenvalue weighted by atomic mass is 10.2. The molecule has 3 aromatic rings. The van der Waals surface area contributed by atoms with Gasteiger partial charge in [-0.3, -0.25) is 0 Å². The Morgan fingerprint density at radius 1 is 1.21 bits per heavy atom. The molecule has 146 valence electrons. The first-order chi connectivity index (χ1) is 13.6. The van der Waals surface area contributed by atoms with Crippen molar-refractivity contribution in [2.75, 3.05) is 25.0 Å². The Labute approximate surface area is 164 Å². The minimum atomic E-state index is -0.0424. The zero-order valence-corrected chi connectivity index (χ0v) is 16.3. The highest BCUT2D eigenvalue weighted by molar-refractivity contribution is 5.79. The molecule has 3 N–H and O–H groups in total. The number of hydrogen-bond donors (Lipinski definition) is 3. The van der Waals surface area contributed by atoms with Gasteiger partial charge in [-0.25, -0.2) is 14.8 Å². The van der Waals surface area contributed by atoms with Crippen molar-refractivity contribution >= 4 is 22.9 Å². The van der Waals surface area contributed by atoms with Crippen LogP contribution in [0.4, 0.5) is 10.6 Å². The minimum Gasteiger partial charge on any atom is -0.368 e. The van der Waals surface area contributed by atoms with E-state index < -0.39 is 0 Å². The van der Waals surface area contributed by atoms with E-state index in [9.17, 15) is 4.79 Å². The van der Waals surface area contributed by atoms with Gasteiger partial charge < -0.3 is 20.5 Å². The van der Waals surface area contributed by atoms with Crippen LogP contribution in [0.5, 0.6) is 0 Å². The number of aromatic amines is 1. The van der Waals surface area contributed by atoms with Gasteiger partial charge in [0.05, 0.1) is 17.1 Å². The molecule has 28 heavy (non-hydrogen) atoms. The van der Waals surface area contributed by atoms with Crippen LogP contribution in [0.2, 0.25) is 0 Å². The van der Waals surface area contributed by atoms with E-state index in [0.717, 1.165) is 53.2 Å². The summed E-state index contributed by atoms with van der Waals surface area (Å²) in [5, 5.41) is 6.28. The molecular formula is C21H26N6O. The third-order valence-electron chi connectivity index (χ3n) is 5.27. The number of carbonyl (C=O) groups is 1. The van der Waals surface area contributed by atoms with Crippen LogP contribution in [0.25, 0.3) is 11.0 Å². The summed E-state index contributed by atoms with van der Waals surface area (Å²) in [7, 11) is 0. The predicted octanol–water partition coefficient (Wildman–Crippen LogP) is 3.53. The number of H-pyrrole nitrogens is 1. The molecule has 2 aromatic heterocycles. The van der Waals surface area contributed by atoms with Crippen LogP contribution in [0.1, 0.15) is 35.8 Å². The summed E-state index contributed by atoms with van der Waals surface area (Å²) in [6.45, 7) is 5.99. The second-order valence-electron chi connectivity index (χ2n) is 7.27. The fourth-order valence-corrected chi connectivity index (χ4v) is 3.77. The number of anilines is 1. The van der Waals surface area contributed by atoms with Crippen LogP contribution in [0.15, 0.2) is 36.5 Å². The SMILES string of the molecule is Cc1cccnc1NCCNC(=O)N1CCC[C@@H]1c1nc2c(C)cccc2[nH]1. The standard InChI is InChI=1S/C21H26N6O/c1-14-6-3-8-16-18(14)26-20(25-16)17-9-5-13-27(17)21(28)24-12-11-23-19-15(2)7-4-10-22-19/h3-4,6-8,10,17H,5,9,11-13H2,1-2H3,(H,22,23)(H,24,28)(H,25,26)/t17-/m1/s1. The third kappa shape index (κ3) is 3.65. The number of amides is 2. The Morgan fingerprint density at radius 2 is 2.07 bits per heavy atom. The summed E-state index contributed by atoms with van der Waals surface area (Å²) in [4.78, 5) is 27.1. The highest BCUT2D eigenvalue weighted by atomic mass is 16.2. The van der Waals surface area contributed by atoms with Crippen molar-refractivity contribution < 1.29 is 4.79 Å². The summed E-state index contributed by atoms with van der Waals surface area (Å²) in [6.07, 6.45) is 3.68. The van der Waals surface area contributed by atoms with Crippen molar-refractivity contribution in [3.63, 3.8) is 0 Å². The second kappa shape index (κ2) is 7.88. The molecule has 7 nitrogen and oxygen atoms in total. The van der Waals surface area contributed by atoms with Crippen molar-refractivity contribution in [1.82, 2.24) is 25.2 Å². The zero-order chi connectivity index (χ0) is 19.5. The summed E-state index contributed by atoms with van der Waals surface area (Å²) in [5.74, 6) is 1.73. The van der Waals surface area contributed by atoms with Crippen LogP contribution >= 0.6 is 0 Å². The lowest BCUT2D eigenvalue weighted by molar-refractivity contribution is 0.191. The molecule has 0 bridgehead atoms. The molecule has 0 spiro atoms. The number of para-hydroxylation sites is 1. The number of urea groups is 1. The molecule has 2 amide bonds. The maximum atomic E-state index is 12.7. The van der Waals surface area contributed by atoms with E-state index in [1.54, 1.807) is 6.20 Å². The first-order valence-electron chi connectivity index (χ1n) is 9.78. The summed E-state index contributed by atoms with van der Waals surface area (Å²) >= 11 is 0. The summed E-state index contributed by atoms with van der Waals surface area (Å²) < 4.78 is 0. The minimum absolute atomic E-state index is 0.00204. The number of benzene rings is 1. The van der Waals surface area contributed by atoms with Crippen molar-refractivity contribution in [1.29, 1.82) is 0 Å². The molecule has 4 rings (SSSR count). The van der Waals surface area contributed by atoms with Gasteiger partial charge in [-0.15, -0.1) is 0 Å². The van der Waals surface area contributed by atoms with Crippen LogP contribution in [0, 0.1) is 13.8 Å². The molecule has 1 aliphatic rings. The molecule has 7 heteroatoms. The van der Waals surface area contributed by atoms with Crippen LogP contribution in [-0.4, -0.2) is 45.5 Å². The number of carbonyl (C=O) groups excluding carboxylic acids is 1. The van der Waals surface area contributed by atoms with Crippen molar-refractivity contribution in [2.24, 2.45) is 0 Å². The lowest BCUT2D eigenvalue weighted by Gasteiger charge is -2.23. The van der Waals surface area contributed by atoms with Gasteiger partial charge in [0.1, 0.15) is 11.6 Å². The van der Waals surface area contributed by atoms with Crippen molar-refractivity contribution in [3.05, 3.63) is 53.5 Å². The predicted molar refractivity (Wildman–Crippen MR) is 110 cm³/mol. The summed E-state index contributed by atoms with van der Waals surface area (Å²) in [5.41, 5.74) is 4.25. The fourth-order valence-electron chi connectivity index (χ4n) is 3.77. The number of likely N-dealkylation sites (tertiary alicyclic amines) is 1. The molecule has 1 atom stereocenters. The average Bonchev–Trinajstić information content (AvgIpc) is 3.34. The molecule has 0 unspecified atom stereocenters. The second-order valence-corrected chi connectivity index (χ2v) is 7.27. The van der Waals surface area contributed by atoms with Crippen LogP contribution < -0.4 is 10.6 Å². The first-order valence-corrected chi connectivity index (χ1v) is 9.78. The Morgan fingerprint density at radius 3 is 2.89 bits per heavy atom. The Kier molecular flexibility index (Phi) is 5.14. The molecule has 1 aromatic carbocycles. The molecule has 0 aliphatic carbocycles. The highest BCUT2D eigenvalue weighted by Crippen LogP contribution is 2.31. The van der Waals surface area contributed by atoms with Crippen molar-refractivity contribution in [3.8, 4) is 0 Å². The maximum Gasteiger partial charge on any atom is 0.318 e. The van der Waals surface area contributed by atoms with E-state index >= 15 is 0 Å². The van der Waals surface area contributed by atoms with Gasteiger partial charge in [0, 0.05) is 25.8 Å². The Balaban J connectivity index is 1.36. The monoisotopic (exact) mass is 378 g/mol. The molecule has 0 saturated carbocycles. The number of rotatable bonds is 5. The van der Waals surface area contributed by atoms with Crippen molar-refractivity contribution in [2.45, 2.75) is 32.7 Å². The van der Waals surface area contributed by atoms with Gasteiger partial charge in [-0.05, 0) is 49.9 Å². The molecule has 1 fully saturated rings. The van der Waals surface area contributed by atoms with Gasteiger partial charge in [0.2, 0.25) is 0 Å². The van der Waals surface area contributed by atoms with Gasteiger partial charge in [-0.1, -0.05) is 18.2 Å². The molecular weight excluding hydrogens is 352 g/mol. The van der Waals surface area contributed by atoms with Gasteiger partial charge in [0.25, 0.3) is 0 Å². The van der Waals surface area contributed by atoms with Crippen LogP contribution in [-0.2, 0) is 0 Å². The summed E-state index contributed by atoms with van der Waals surface area (Å²) in [6, 6.07) is 9.99. The maximum absolute atomic E-state index is 12.7. The van der Waals surface area contributed by atoms with Crippen LogP contribution in [0.3, 0.4) is 0 Å². The Hall–Kier alpha value is -3.09. The molecule has 0 radical (unpaired) electrons. The van der Waals surface area contributed by atoms with Gasteiger partial charge in [-0.2, -0.15) is 0 Å². The fraction of sp³-hybridized carbons (Fsp3) is 0.381. The van der Waals surface area contributed by atoms with Gasteiger partial charge >= 0.3 is 6.03 Å². The average molecular weight is 378 g/mol. The van der Waals surface area contributed by atoms with E-state index in [4.69, 9.17) is 4.98 Å². The highest BCUT2D eigenvalue weighted by Gasteiger charge is 2.32. The normalized spacial score (nSPS) is 16.5. The number of aryl methyl sites for hydroxylation is 2. The number of pyridine rings is 1. The number of hydrogen-bond acceptors (Lipinski definition) is 4. The lowest BCUT2D eigenvalue weighted by Crippen LogP contribution is -2.41. The van der Waals surface area contributed by atoms with E-state index in [-0.39, 0.29) is 12.1 Å². The topological polar surface area (TPSA) is 85.9 Å². The number of imidazole rings is 1. The number of fused-ring (bicyclic) bond motifs is 1. The van der Waals surface area contributed by atoms with E-state index in [0.29, 0.717) is 13.1 Å². The third-order valence-corrected chi connectivity index (χ3v) is 5.27. The van der Waals surface area contributed by atoms with E-state index in [1.807, 2.05) is 36.1 Å². The van der Waals surface area contributed by atoms with Gasteiger partial charge in [0.15, 0.2) is 0 Å². The molecule has 3 heterocycles. The van der Waals surface area contributed by atoms with E-state index in [2.05, 4.69) is 33.6 Å². The molecule has 1 aliphatic heterocycles. The number of aromatic nitrogens is 3. The van der Waals surface area contributed by atoms with E-state index in [1.165, 1.54) is 0 Å². The first kappa shape index (κ1) is 18.3. The quantitative estimate of drug-likeness (QED) is 0.593. The largest absolute Gasteiger partial charge is 0.368 e.